The zero-order valence-corrected chi connectivity index (χ0v) is 37.3. The molecule has 0 aliphatic carbocycles. The Morgan fingerprint density at radius 1 is 0.583 bits per heavy atom. The van der Waals surface area contributed by atoms with E-state index in [4.69, 9.17) is 18.0 Å². The van der Waals surface area contributed by atoms with Crippen molar-refractivity contribution in [1.29, 1.82) is 0 Å². The molecule has 0 heterocycles. The van der Waals surface area contributed by atoms with Crippen molar-refractivity contribution >= 4 is 30.7 Å². The minimum absolute atomic E-state index is 0.141. The summed E-state index contributed by atoms with van der Waals surface area (Å²) in [6.07, 6.45) is 9.30. The molecule has 0 unspecified atom stereocenters. The summed E-state index contributed by atoms with van der Waals surface area (Å²) in [5, 5.41) is 0.513. The van der Waals surface area contributed by atoms with Gasteiger partial charge in [0.25, 0.3) is 0 Å². The van der Waals surface area contributed by atoms with Crippen LogP contribution in [-0.2, 0) is 29.4 Å². The van der Waals surface area contributed by atoms with Crippen LogP contribution in [0.4, 0.5) is 0 Å². The first-order valence-electron chi connectivity index (χ1n) is 19.0. The van der Waals surface area contributed by atoms with Gasteiger partial charge in [-0.15, -0.1) is 0 Å². The number of rotatable bonds is 23. The van der Waals surface area contributed by atoms with Crippen molar-refractivity contribution < 1.29 is 22.8 Å². The van der Waals surface area contributed by atoms with Crippen molar-refractivity contribution in [2.24, 2.45) is 0 Å². The molecule has 0 amide bonds. The van der Waals surface area contributed by atoms with E-state index in [0.717, 1.165) is 64.6 Å². The first kappa shape index (κ1) is 45.4. The fourth-order valence-corrected chi connectivity index (χ4v) is 8.80. The van der Waals surface area contributed by atoms with Gasteiger partial charge in [0.15, 0.2) is 25.0 Å². The maximum absolute atomic E-state index is 13.1. The Bertz CT molecular complexity index is 1040. The number of carbonyl (C=O) groups excluding carboxylic acids is 1. The van der Waals surface area contributed by atoms with Crippen LogP contribution in [0.5, 0.6) is 0 Å². The second-order valence-electron chi connectivity index (χ2n) is 18.8. The van der Waals surface area contributed by atoms with Crippen molar-refractivity contribution in [1.82, 2.24) is 0 Å². The van der Waals surface area contributed by atoms with Crippen LogP contribution in [-0.4, -0.2) is 56.2 Å². The third-order valence-electron chi connectivity index (χ3n) is 11.4. The third-order valence-corrected chi connectivity index (χ3v) is 25.0. The number of unbranched alkanes of at least 4 members (excludes halogenated alkanes) is 1. The molecule has 0 bridgehead atoms. The first-order chi connectivity index (χ1) is 21.9. The van der Waals surface area contributed by atoms with E-state index in [1.54, 1.807) is 0 Å². The van der Waals surface area contributed by atoms with Crippen LogP contribution in [0.3, 0.4) is 0 Å². The average molecular weight is 723 g/mol. The lowest BCUT2D eigenvalue weighted by molar-refractivity contribution is -0.119. The molecule has 0 aliphatic rings. The van der Waals surface area contributed by atoms with Crippen LogP contribution in [0.1, 0.15) is 132 Å². The summed E-state index contributed by atoms with van der Waals surface area (Å²) in [5.74, 6) is 0.374. The highest BCUT2D eigenvalue weighted by Crippen LogP contribution is 2.40. The number of benzene rings is 1. The van der Waals surface area contributed by atoms with Crippen molar-refractivity contribution in [3.05, 3.63) is 35.9 Å². The van der Waals surface area contributed by atoms with Gasteiger partial charge in [0.2, 0.25) is 0 Å². The molecular weight excluding hydrogens is 645 g/mol. The fraction of sp³-hybridized carbons (Fsp3) is 0.825. The number of hydrogen-bond acceptors (Lipinski definition) is 5. The van der Waals surface area contributed by atoms with Gasteiger partial charge < -0.3 is 18.0 Å². The van der Waals surface area contributed by atoms with E-state index in [9.17, 15) is 4.79 Å². The summed E-state index contributed by atoms with van der Waals surface area (Å²) < 4.78 is 26.3. The van der Waals surface area contributed by atoms with Crippen molar-refractivity contribution in [3.63, 3.8) is 0 Å². The Labute approximate surface area is 301 Å². The molecule has 48 heavy (non-hydrogen) atoms. The van der Waals surface area contributed by atoms with Gasteiger partial charge >= 0.3 is 0 Å². The standard InChI is InChI=1S/C40H78O5Si3/c1-38(2,3)46(10,11)43-32-30-37(45-48(14,15)40(7,8)9)29-22-26-35(41)25-21-28-36(44-47(12,13)39(4,5)6)27-19-20-31-42-33-34-23-17-16-18-24-34/h16-18,23-24,36-37H,19-22,25-33H2,1-15H3/t36-,37+/m1/s1. The number of Topliss-reactive ketones (excluding diaryl/α,β-unsaturated/α-hetero) is 1. The summed E-state index contributed by atoms with van der Waals surface area (Å²) >= 11 is 0. The highest BCUT2D eigenvalue weighted by molar-refractivity contribution is 6.75. The third kappa shape index (κ3) is 17.1. The normalized spacial score (nSPS) is 15.1. The monoisotopic (exact) mass is 723 g/mol. The van der Waals surface area contributed by atoms with E-state index < -0.39 is 25.0 Å². The summed E-state index contributed by atoms with van der Waals surface area (Å²) in [6, 6.07) is 10.4. The van der Waals surface area contributed by atoms with Crippen molar-refractivity contribution in [3.8, 4) is 0 Å². The maximum atomic E-state index is 13.1. The predicted octanol–water partition coefficient (Wildman–Crippen LogP) is 12.5. The smallest absolute Gasteiger partial charge is 0.192 e. The second kappa shape index (κ2) is 19.8. The molecule has 0 N–H and O–H groups in total. The molecule has 1 aromatic rings. The molecule has 8 heteroatoms. The van der Waals surface area contributed by atoms with Gasteiger partial charge in [0, 0.05) is 38.3 Å². The molecule has 0 spiro atoms. The number of ketones is 1. The molecule has 1 rings (SSSR count). The van der Waals surface area contributed by atoms with Gasteiger partial charge in [-0.1, -0.05) is 92.6 Å². The highest BCUT2D eigenvalue weighted by Gasteiger charge is 2.41. The zero-order valence-electron chi connectivity index (χ0n) is 34.3. The van der Waals surface area contributed by atoms with Gasteiger partial charge in [0.05, 0.1) is 6.61 Å². The molecule has 0 radical (unpaired) electrons. The lowest BCUT2D eigenvalue weighted by Gasteiger charge is -2.40. The SMILES string of the molecule is CC(C)(C)[Si](C)(C)OCC[C@H](CCCC(=O)CCC[C@@H](CCCCOCc1ccccc1)O[Si](C)(C)C(C)(C)C)O[Si](C)(C)C(C)(C)C. The van der Waals surface area contributed by atoms with Crippen LogP contribution in [0.15, 0.2) is 30.3 Å². The van der Waals surface area contributed by atoms with E-state index in [2.05, 4.69) is 126 Å². The lowest BCUT2D eigenvalue weighted by atomic mass is 10.0. The van der Waals surface area contributed by atoms with E-state index in [1.165, 1.54) is 5.56 Å². The summed E-state index contributed by atoms with van der Waals surface area (Å²) in [6.45, 7) is 36.8. The van der Waals surface area contributed by atoms with Crippen molar-refractivity contribution in [2.75, 3.05) is 13.2 Å². The summed E-state index contributed by atoms with van der Waals surface area (Å²) in [5.41, 5.74) is 1.22. The Kier molecular flexibility index (Phi) is 18.8. The lowest BCUT2D eigenvalue weighted by Crippen LogP contribution is -2.45. The van der Waals surface area contributed by atoms with Crippen LogP contribution in [0, 0.1) is 0 Å². The van der Waals surface area contributed by atoms with E-state index >= 15 is 0 Å². The molecule has 0 saturated carbocycles. The predicted molar refractivity (Wildman–Crippen MR) is 215 cm³/mol. The summed E-state index contributed by atoms with van der Waals surface area (Å²) in [7, 11) is -5.63. The summed E-state index contributed by atoms with van der Waals surface area (Å²) in [4.78, 5) is 13.1. The molecule has 0 aliphatic heterocycles. The first-order valence-corrected chi connectivity index (χ1v) is 27.7. The van der Waals surface area contributed by atoms with E-state index in [-0.39, 0.29) is 27.3 Å². The van der Waals surface area contributed by atoms with Crippen LogP contribution in [0.2, 0.25) is 54.4 Å². The molecule has 0 saturated heterocycles. The zero-order chi connectivity index (χ0) is 36.9. The molecule has 0 aromatic heterocycles. The minimum atomic E-state index is -1.93. The number of hydrogen-bond donors (Lipinski definition) is 0. The molecule has 0 fully saturated rings. The van der Waals surface area contributed by atoms with E-state index in [1.807, 2.05) is 6.07 Å². The average Bonchev–Trinajstić information content (AvgIpc) is 2.93. The van der Waals surface area contributed by atoms with Crippen molar-refractivity contribution in [2.45, 2.75) is 200 Å². The van der Waals surface area contributed by atoms with Crippen LogP contribution in [0.25, 0.3) is 0 Å². The van der Waals surface area contributed by atoms with E-state index in [0.29, 0.717) is 25.2 Å². The maximum Gasteiger partial charge on any atom is 0.192 e. The second-order valence-corrected chi connectivity index (χ2v) is 33.1. The van der Waals surface area contributed by atoms with Gasteiger partial charge in [-0.3, -0.25) is 4.79 Å². The van der Waals surface area contributed by atoms with Gasteiger partial charge in [-0.2, -0.15) is 0 Å². The number of carbonyl (C=O) groups is 1. The Balaban J connectivity index is 2.65. The minimum Gasteiger partial charge on any atom is -0.417 e. The molecular formula is C40H78O5Si3. The topological polar surface area (TPSA) is 54.0 Å². The van der Waals surface area contributed by atoms with Gasteiger partial charge in [0.1, 0.15) is 5.78 Å². The largest absolute Gasteiger partial charge is 0.417 e. The van der Waals surface area contributed by atoms with Crippen LogP contribution >= 0.6 is 0 Å². The van der Waals surface area contributed by atoms with Crippen LogP contribution < -0.4 is 0 Å². The number of ether oxygens (including phenoxy) is 1. The highest BCUT2D eigenvalue weighted by atomic mass is 28.4. The fourth-order valence-electron chi connectivity index (χ4n) is 4.89. The van der Waals surface area contributed by atoms with Gasteiger partial charge in [-0.25, -0.2) is 0 Å². The Morgan fingerprint density at radius 3 is 1.48 bits per heavy atom. The Hall–Kier alpha value is -0.619. The molecule has 280 valence electrons. The molecule has 1 aromatic carbocycles. The Morgan fingerprint density at radius 2 is 1.02 bits per heavy atom. The molecule has 5 nitrogen and oxygen atoms in total. The van der Waals surface area contributed by atoms with Gasteiger partial charge in [-0.05, 0) is 111 Å². The quantitative estimate of drug-likeness (QED) is 0.0831. The molecule has 2 atom stereocenters.